The number of hydrazine groups is 1. The van der Waals surface area contributed by atoms with Crippen LogP contribution in [-0.4, -0.2) is 42.4 Å². The van der Waals surface area contributed by atoms with Crippen molar-refractivity contribution in [3.63, 3.8) is 0 Å². The van der Waals surface area contributed by atoms with E-state index >= 15 is 0 Å². The number of nitrogens with zero attached hydrogens (tertiary/aromatic N) is 1. The number of carbonyl (C=O) groups excluding carboxylic acids is 1. The van der Waals surface area contributed by atoms with Gasteiger partial charge in [-0.2, -0.15) is 4.31 Å². The topological polar surface area (TPSA) is 113 Å². The molecule has 1 aromatic carbocycles. The van der Waals surface area contributed by atoms with Gasteiger partial charge in [0, 0.05) is 13.0 Å². The molecule has 8 heteroatoms. The average molecular weight is 285 g/mol. The van der Waals surface area contributed by atoms with E-state index in [0.29, 0.717) is 0 Å². The lowest BCUT2D eigenvalue weighted by Gasteiger charge is -2.22. The summed E-state index contributed by atoms with van der Waals surface area (Å²) in [5.74, 6) is 4.41. The number of benzene rings is 1. The van der Waals surface area contributed by atoms with Crippen LogP contribution in [0.3, 0.4) is 0 Å². The number of carbonyl (C=O) groups is 1. The van der Waals surface area contributed by atoms with Gasteiger partial charge >= 0.3 is 0 Å². The number of nitrogens with one attached hydrogen (secondary N) is 1. The van der Waals surface area contributed by atoms with Crippen molar-refractivity contribution in [3.8, 4) is 0 Å². The molecule has 0 radical (unpaired) electrons. The van der Waals surface area contributed by atoms with Crippen LogP contribution in [0.15, 0.2) is 35.2 Å². The molecule has 0 spiro atoms. The third kappa shape index (κ3) is 2.61. The zero-order valence-electron chi connectivity index (χ0n) is 10.1. The molecule has 1 aromatic rings. The molecule has 104 valence electrons. The normalized spacial score (nSPS) is 24.3. The molecular formula is C11H15N3O4S. The van der Waals surface area contributed by atoms with Gasteiger partial charge in [-0.25, -0.2) is 14.3 Å². The van der Waals surface area contributed by atoms with Crippen molar-refractivity contribution in [1.29, 1.82) is 0 Å². The van der Waals surface area contributed by atoms with Crippen LogP contribution in [-0.2, 0) is 14.8 Å². The number of β-amino-alcohol motifs (C(OH)–C–C–N with tert-alkyl or cyclic N) is 1. The van der Waals surface area contributed by atoms with Crippen LogP contribution in [0, 0.1) is 0 Å². The molecule has 1 heterocycles. The number of hydrogen-bond donors (Lipinski definition) is 3. The van der Waals surface area contributed by atoms with E-state index in [-0.39, 0.29) is 17.9 Å². The summed E-state index contributed by atoms with van der Waals surface area (Å²) in [7, 11) is -3.82. The zero-order chi connectivity index (χ0) is 14.0. The monoisotopic (exact) mass is 285 g/mol. The minimum absolute atomic E-state index is 0.0368. The zero-order valence-corrected chi connectivity index (χ0v) is 10.9. The first-order chi connectivity index (χ1) is 8.96. The van der Waals surface area contributed by atoms with E-state index in [1.165, 1.54) is 12.1 Å². The van der Waals surface area contributed by atoms with Gasteiger partial charge in [-0.3, -0.25) is 10.2 Å². The Morgan fingerprint density at radius 2 is 2.00 bits per heavy atom. The molecule has 1 amide bonds. The highest BCUT2D eigenvalue weighted by Crippen LogP contribution is 2.26. The maximum Gasteiger partial charge on any atom is 0.252 e. The van der Waals surface area contributed by atoms with E-state index in [2.05, 4.69) is 0 Å². The summed E-state index contributed by atoms with van der Waals surface area (Å²) in [6, 6.07) is 6.79. The van der Waals surface area contributed by atoms with Crippen molar-refractivity contribution in [2.75, 3.05) is 6.54 Å². The first kappa shape index (κ1) is 13.9. The van der Waals surface area contributed by atoms with E-state index < -0.39 is 28.1 Å². The maximum absolute atomic E-state index is 12.4. The van der Waals surface area contributed by atoms with E-state index in [0.717, 1.165) is 4.31 Å². The van der Waals surface area contributed by atoms with Crippen molar-refractivity contribution in [3.05, 3.63) is 30.3 Å². The fourth-order valence-electron chi connectivity index (χ4n) is 2.11. The molecule has 2 rings (SSSR count). The van der Waals surface area contributed by atoms with Gasteiger partial charge in [0.2, 0.25) is 10.0 Å². The molecule has 1 aliphatic rings. The number of sulfonamides is 1. The SMILES string of the molecule is NNC(=O)[C@@H]1C[C@H](O)CN1S(=O)(=O)c1ccccc1. The predicted octanol–water partition coefficient (Wildman–Crippen LogP) is -1.20. The van der Waals surface area contributed by atoms with Gasteiger partial charge < -0.3 is 5.11 Å². The average Bonchev–Trinajstić information content (AvgIpc) is 2.81. The highest BCUT2D eigenvalue weighted by Gasteiger charge is 2.43. The van der Waals surface area contributed by atoms with Crippen molar-refractivity contribution >= 4 is 15.9 Å². The van der Waals surface area contributed by atoms with Gasteiger partial charge in [0.25, 0.3) is 5.91 Å². The quantitative estimate of drug-likeness (QED) is 0.367. The molecular weight excluding hydrogens is 270 g/mol. The molecule has 4 N–H and O–H groups in total. The lowest BCUT2D eigenvalue weighted by Crippen LogP contribution is -2.47. The van der Waals surface area contributed by atoms with E-state index in [9.17, 15) is 18.3 Å². The Morgan fingerprint density at radius 3 is 2.58 bits per heavy atom. The maximum atomic E-state index is 12.4. The summed E-state index contributed by atoms with van der Waals surface area (Å²) in [5.41, 5.74) is 1.92. The van der Waals surface area contributed by atoms with Crippen LogP contribution in [0.5, 0.6) is 0 Å². The van der Waals surface area contributed by atoms with Crippen LogP contribution in [0.25, 0.3) is 0 Å². The van der Waals surface area contributed by atoms with Gasteiger partial charge in [-0.1, -0.05) is 18.2 Å². The van der Waals surface area contributed by atoms with Gasteiger partial charge in [-0.15, -0.1) is 0 Å². The lowest BCUT2D eigenvalue weighted by molar-refractivity contribution is -0.124. The number of aliphatic hydroxyl groups is 1. The highest BCUT2D eigenvalue weighted by atomic mass is 32.2. The van der Waals surface area contributed by atoms with Gasteiger partial charge in [0.05, 0.1) is 11.0 Å². The summed E-state index contributed by atoms with van der Waals surface area (Å²) in [5, 5.41) is 9.60. The van der Waals surface area contributed by atoms with Crippen molar-refractivity contribution in [2.24, 2.45) is 5.84 Å². The summed E-state index contributed by atoms with van der Waals surface area (Å²) < 4.78 is 25.8. The minimum Gasteiger partial charge on any atom is -0.392 e. The number of amides is 1. The third-order valence-corrected chi connectivity index (χ3v) is 4.92. The second-order valence-corrected chi connectivity index (χ2v) is 6.19. The molecule has 7 nitrogen and oxygen atoms in total. The smallest absolute Gasteiger partial charge is 0.252 e. The third-order valence-electron chi connectivity index (χ3n) is 3.03. The molecule has 19 heavy (non-hydrogen) atoms. The molecule has 1 saturated heterocycles. The number of nitrogens with two attached hydrogens (primary N) is 1. The molecule has 2 atom stereocenters. The van der Waals surface area contributed by atoms with E-state index in [4.69, 9.17) is 5.84 Å². The summed E-state index contributed by atoms with van der Waals surface area (Å²) in [6.45, 7) is -0.116. The molecule has 0 aromatic heterocycles. The molecule has 0 bridgehead atoms. The molecule has 1 fully saturated rings. The predicted molar refractivity (Wildman–Crippen MR) is 67.1 cm³/mol. The largest absolute Gasteiger partial charge is 0.392 e. The fraction of sp³-hybridized carbons (Fsp3) is 0.364. The van der Waals surface area contributed by atoms with Gasteiger partial charge in [-0.05, 0) is 12.1 Å². The summed E-state index contributed by atoms with van der Waals surface area (Å²) in [6.07, 6.45) is -0.837. The molecule has 0 aliphatic carbocycles. The number of aliphatic hydroxyl groups excluding tert-OH is 1. The standard InChI is InChI=1S/C11H15N3O4S/c12-13-11(16)10-6-8(15)7-14(10)19(17,18)9-4-2-1-3-5-9/h1-5,8,10,15H,6-7,12H2,(H,13,16)/t8-,10-/m0/s1. The molecule has 0 unspecified atom stereocenters. The van der Waals surface area contributed by atoms with Gasteiger partial charge in [0.15, 0.2) is 0 Å². The Labute approximate surface area is 111 Å². The van der Waals surface area contributed by atoms with Crippen LogP contribution in [0.1, 0.15) is 6.42 Å². The van der Waals surface area contributed by atoms with E-state index in [1.54, 1.807) is 18.2 Å². The molecule has 1 aliphatic heterocycles. The van der Waals surface area contributed by atoms with Crippen LogP contribution < -0.4 is 11.3 Å². The second kappa shape index (κ2) is 5.25. The number of rotatable bonds is 3. The Hall–Kier alpha value is -1.48. The number of hydrogen-bond acceptors (Lipinski definition) is 5. The van der Waals surface area contributed by atoms with Gasteiger partial charge in [0.1, 0.15) is 6.04 Å². The van der Waals surface area contributed by atoms with Crippen LogP contribution in [0.2, 0.25) is 0 Å². The Bertz CT molecular complexity index is 561. The lowest BCUT2D eigenvalue weighted by atomic mass is 10.2. The van der Waals surface area contributed by atoms with E-state index in [1.807, 2.05) is 5.43 Å². The first-order valence-electron chi connectivity index (χ1n) is 5.72. The van der Waals surface area contributed by atoms with Crippen LogP contribution >= 0.6 is 0 Å². The minimum atomic E-state index is -3.82. The van der Waals surface area contributed by atoms with Crippen LogP contribution in [0.4, 0.5) is 0 Å². The van der Waals surface area contributed by atoms with Crippen molar-refractivity contribution < 1.29 is 18.3 Å². The Balaban J connectivity index is 2.36. The summed E-state index contributed by atoms with van der Waals surface area (Å²) >= 11 is 0. The Morgan fingerprint density at radius 1 is 1.37 bits per heavy atom. The van der Waals surface area contributed by atoms with Crippen molar-refractivity contribution in [1.82, 2.24) is 9.73 Å². The first-order valence-corrected chi connectivity index (χ1v) is 7.16. The second-order valence-electron chi connectivity index (χ2n) is 4.30. The van der Waals surface area contributed by atoms with Crippen molar-refractivity contribution in [2.45, 2.75) is 23.5 Å². The fourth-order valence-corrected chi connectivity index (χ4v) is 3.77. The Kier molecular flexibility index (Phi) is 3.85. The molecule has 0 saturated carbocycles. The highest BCUT2D eigenvalue weighted by molar-refractivity contribution is 7.89. The summed E-state index contributed by atoms with van der Waals surface area (Å²) in [4.78, 5) is 11.7.